The van der Waals surface area contributed by atoms with Gasteiger partial charge in [0.15, 0.2) is 0 Å². The second-order valence-electron chi connectivity index (χ2n) is 5.60. The van der Waals surface area contributed by atoms with E-state index in [1.54, 1.807) is 0 Å². The number of aryl methyl sites for hydroxylation is 4. The Bertz CT molecular complexity index is 514. The number of hydrogen-bond acceptors (Lipinski definition) is 0. The van der Waals surface area contributed by atoms with Crippen LogP contribution in [0.2, 0.25) is 0 Å². The van der Waals surface area contributed by atoms with Gasteiger partial charge in [-0.3, -0.25) is 0 Å². The molecule has 22 heavy (non-hydrogen) atoms. The maximum absolute atomic E-state index is 4.72. The van der Waals surface area contributed by atoms with E-state index in [0.717, 1.165) is 30.9 Å². The zero-order valence-electron chi connectivity index (χ0n) is 14.0. The Morgan fingerprint density at radius 1 is 0.636 bits per heavy atom. The van der Waals surface area contributed by atoms with Gasteiger partial charge in [-0.1, -0.05) is 65.1 Å². The molecule has 3 heteroatoms. The molecule has 2 nitrogen and oxygen atoms in total. The maximum atomic E-state index is 4.72. The Morgan fingerprint density at radius 3 is 1.27 bits per heavy atom. The standard InChI is InChI=1S/C19H24N2.Ti/c1-14-8-5-9-15(2)18(14)20-12-7-13-21-19-16(3)10-6-11-17(19)4;/h5-6,8-11H,7,12-13H2,1-4H3;/q-2;+2. The summed E-state index contributed by atoms with van der Waals surface area (Å²) in [5, 5.41) is 9.44. The van der Waals surface area contributed by atoms with Gasteiger partial charge in [-0.05, 0) is 27.7 Å². The molecule has 0 bridgehead atoms. The zero-order chi connectivity index (χ0) is 15.2. The van der Waals surface area contributed by atoms with Crippen molar-refractivity contribution in [1.82, 2.24) is 0 Å². The van der Waals surface area contributed by atoms with Crippen LogP contribution >= 0.6 is 0 Å². The first-order chi connectivity index (χ1) is 10.1. The third-order valence-electron chi connectivity index (χ3n) is 3.74. The maximum Gasteiger partial charge on any atom is 2.00 e. The van der Waals surface area contributed by atoms with Crippen LogP contribution in [-0.4, -0.2) is 13.1 Å². The minimum atomic E-state index is 0. The van der Waals surface area contributed by atoms with Crippen molar-refractivity contribution in [2.24, 2.45) is 0 Å². The van der Waals surface area contributed by atoms with E-state index in [1.807, 2.05) is 0 Å². The molecule has 0 aliphatic heterocycles. The third-order valence-corrected chi connectivity index (χ3v) is 3.74. The first-order valence-corrected chi connectivity index (χ1v) is 7.57. The van der Waals surface area contributed by atoms with Gasteiger partial charge < -0.3 is 10.6 Å². The van der Waals surface area contributed by atoms with Gasteiger partial charge in [0, 0.05) is 0 Å². The fourth-order valence-electron chi connectivity index (χ4n) is 2.56. The average molecular weight is 328 g/mol. The van der Waals surface area contributed by atoms with Crippen molar-refractivity contribution in [3.63, 3.8) is 0 Å². The van der Waals surface area contributed by atoms with Crippen LogP contribution in [-0.2, 0) is 21.7 Å². The van der Waals surface area contributed by atoms with Crippen LogP contribution in [0.4, 0.5) is 11.4 Å². The number of para-hydroxylation sites is 2. The fourth-order valence-corrected chi connectivity index (χ4v) is 2.56. The molecule has 0 N–H and O–H groups in total. The van der Waals surface area contributed by atoms with Crippen LogP contribution in [0, 0.1) is 27.7 Å². The van der Waals surface area contributed by atoms with Gasteiger partial charge in [0.25, 0.3) is 0 Å². The molecule has 2 aromatic rings. The monoisotopic (exact) mass is 328 g/mol. The van der Waals surface area contributed by atoms with Gasteiger partial charge in [-0.15, -0.1) is 24.5 Å². The fraction of sp³-hybridized carbons (Fsp3) is 0.368. The molecule has 0 aliphatic carbocycles. The topological polar surface area (TPSA) is 28.2 Å². The van der Waals surface area contributed by atoms with Gasteiger partial charge in [0.05, 0.1) is 0 Å². The smallest absolute Gasteiger partial charge is 0.684 e. The molecular formula is C19H24N2Ti. The van der Waals surface area contributed by atoms with Gasteiger partial charge in [-0.25, -0.2) is 0 Å². The molecule has 2 rings (SSSR count). The molecule has 0 amide bonds. The summed E-state index contributed by atoms with van der Waals surface area (Å²) in [6, 6.07) is 12.6. The average Bonchev–Trinajstić information content (AvgIpc) is 2.44. The predicted octanol–water partition coefficient (Wildman–Crippen LogP) is 6.02. The van der Waals surface area contributed by atoms with E-state index in [0.29, 0.717) is 0 Å². The summed E-state index contributed by atoms with van der Waals surface area (Å²) in [6.45, 7) is 10.1. The van der Waals surface area contributed by atoms with Crippen molar-refractivity contribution in [2.75, 3.05) is 13.1 Å². The number of rotatable bonds is 6. The van der Waals surface area contributed by atoms with Crippen molar-refractivity contribution >= 4 is 11.4 Å². The van der Waals surface area contributed by atoms with E-state index in [4.69, 9.17) is 10.6 Å². The normalized spacial score (nSPS) is 10.0. The Morgan fingerprint density at radius 2 is 0.955 bits per heavy atom. The second-order valence-corrected chi connectivity index (χ2v) is 5.60. The first kappa shape index (κ1) is 18.8. The van der Waals surface area contributed by atoms with Crippen LogP contribution in [0.15, 0.2) is 36.4 Å². The molecular weight excluding hydrogens is 304 g/mol. The molecule has 0 unspecified atom stereocenters. The van der Waals surface area contributed by atoms with Crippen LogP contribution in [0.5, 0.6) is 0 Å². The summed E-state index contributed by atoms with van der Waals surface area (Å²) in [7, 11) is 0. The molecule has 114 valence electrons. The van der Waals surface area contributed by atoms with Gasteiger partial charge in [0.2, 0.25) is 0 Å². The molecule has 0 saturated heterocycles. The Kier molecular flexibility index (Phi) is 7.71. The molecule has 0 atom stereocenters. The van der Waals surface area contributed by atoms with Crippen molar-refractivity contribution in [3.05, 3.63) is 69.3 Å². The van der Waals surface area contributed by atoms with Crippen molar-refractivity contribution in [2.45, 2.75) is 34.1 Å². The first-order valence-electron chi connectivity index (χ1n) is 7.57. The molecule has 0 spiro atoms. The summed E-state index contributed by atoms with van der Waals surface area (Å²) in [4.78, 5) is 0. The third kappa shape index (κ3) is 4.89. The number of hydrogen-bond donors (Lipinski definition) is 0. The van der Waals surface area contributed by atoms with Gasteiger partial charge >= 0.3 is 21.7 Å². The van der Waals surface area contributed by atoms with Crippen LogP contribution in [0.25, 0.3) is 10.6 Å². The molecule has 0 saturated carbocycles. The molecule has 0 radical (unpaired) electrons. The van der Waals surface area contributed by atoms with Crippen LogP contribution < -0.4 is 0 Å². The Labute approximate surface area is 149 Å². The predicted molar refractivity (Wildman–Crippen MR) is 92.2 cm³/mol. The number of nitrogens with zero attached hydrogens (tertiary/aromatic N) is 2. The largest absolute Gasteiger partial charge is 2.00 e. The summed E-state index contributed by atoms with van der Waals surface area (Å²) in [5.41, 5.74) is 7.29. The summed E-state index contributed by atoms with van der Waals surface area (Å²) >= 11 is 0. The molecule has 0 aliphatic rings. The van der Waals surface area contributed by atoms with E-state index in [2.05, 4.69) is 64.1 Å². The van der Waals surface area contributed by atoms with E-state index in [9.17, 15) is 0 Å². The van der Waals surface area contributed by atoms with Crippen molar-refractivity contribution in [1.29, 1.82) is 0 Å². The SMILES string of the molecule is Cc1cccc(C)c1[N-]CCC[N-]c1c(C)cccc1C.[Ti+2]. The van der Waals surface area contributed by atoms with E-state index in [1.165, 1.54) is 22.3 Å². The number of benzene rings is 2. The van der Waals surface area contributed by atoms with Crippen molar-refractivity contribution < 1.29 is 21.7 Å². The Balaban J connectivity index is 0.00000242. The van der Waals surface area contributed by atoms with Gasteiger partial charge in [-0.2, -0.15) is 0 Å². The minimum absolute atomic E-state index is 0. The summed E-state index contributed by atoms with van der Waals surface area (Å²) in [6.07, 6.45) is 0.988. The molecule has 0 fully saturated rings. The van der Waals surface area contributed by atoms with E-state index in [-0.39, 0.29) is 21.7 Å². The molecule has 2 aromatic carbocycles. The quantitative estimate of drug-likeness (QED) is 0.458. The summed E-state index contributed by atoms with van der Waals surface area (Å²) < 4.78 is 0. The van der Waals surface area contributed by atoms with Crippen molar-refractivity contribution in [3.8, 4) is 0 Å². The Hall–Kier alpha value is -1.25. The minimum Gasteiger partial charge on any atom is -0.684 e. The van der Waals surface area contributed by atoms with Crippen LogP contribution in [0.1, 0.15) is 28.7 Å². The second kappa shape index (κ2) is 9.02. The van der Waals surface area contributed by atoms with E-state index >= 15 is 0 Å². The zero-order valence-corrected chi connectivity index (χ0v) is 15.5. The van der Waals surface area contributed by atoms with Gasteiger partial charge in [0.1, 0.15) is 0 Å². The molecule has 0 heterocycles. The summed E-state index contributed by atoms with van der Waals surface area (Å²) in [5.74, 6) is 0. The molecule has 0 aromatic heterocycles. The van der Waals surface area contributed by atoms with E-state index < -0.39 is 0 Å². The van der Waals surface area contributed by atoms with Crippen LogP contribution in [0.3, 0.4) is 0 Å².